The molecule has 0 bridgehead atoms. The van der Waals surface area contributed by atoms with Gasteiger partial charge in [0, 0.05) is 12.6 Å². The molecule has 2 aliphatic rings. The van der Waals surface area contributed by atoms with Gasteiger partial charge in [0.25, 0.3) is 0 Å². The van der Waals surface area contributed by atoms with Crippen LogP contribution in [0.4, 0.5) is 0 Å². The van der Waals surface area contributed by atoms with E-state index in [0.717, 1.165) is 19.1 Å². The monoisotopic (exact) mass is 273 g/mol. The van der Waals surface area contributed by atoms with E-state index in [-0.39, 0.29) is 5.60 Å². The quantitative estimate of drug-likeness (QED) is 0.902. The molecule has 0 aromatic heterocycles. The van der Waals surface area contributed by atoms with Crippen molar-refractivity contribution in [2.45, 2.75) is 63.0 Å². The second-order valence-corrected chi connectivity index (χ2v) is 6.46. The van der Waals surface area contributed by atoms with Gasteiger partial charge in [0.1, 0.15) is 0 Å². The summed E-state index contributed by atoms with van der Waals surface area (Å²) in [6.07, 6.45) is 7.41. The maximum Gasteiger partial charge on any atom is 0.0697 e. The highest BCUT2D eigenvalue weighted by Crippen LogP contribution is 2.43. The van der Waals surface area contributed by atoms with Gasteiger partial charge < -0.3 is 10.1 Å². The van der Waals surface area contributed by atoms with E-state index in [1.807, 2.05) is 0 Å². The molecule has 110 valence electrons. The van der Waals surface area contributed by atoms with Crippen LogP contribution in [0.2, 0.25) is 0 Å². The average Bonchev–Trinajstić information content (AvgIpc) is 2.49. The molecular weight excluding hydrogens is 246 g/mol. The molecule has 1 aliphatic heterocycles. The first-order chi connectivity index (χ1) is 9.81. The molecule has 1 saturated heterocycles. The van der Waals surface area contributed by atoms with E-state index in [1.165, 1.54) is 44.1 Å². The summed E-state index contributed by atoms with van der Waals surface area (Å²) in [4.78, 5) is 0. The number of rotatable bonds is 3. The standard InChI is InChI=1S/C18H27NO/c1-2-19-17-10-13-20-18(14-17)11-8-16(9-12-18)15-6-4-3-5-7-15/h3-7,16-17,19H,2,8-14H2,1H3. The van der Waals surface area contributed by atoms with Crippen molar-refractivity contribution in [3.8, 4) is 0 Å². The third-order valence-electron chi connectivity index (χ3n) is 5.15. The zero-order valence-corrected chi connectivity index (χ0v) is 12.6. The van der Waals surface area contributed by atoms with Crippen LogP contribution in [0.5, 0.6) is 0 Å². The summed E-state index contributed by atoms with van der Waals surface area (Å²) < 4.78 is 6.23. The van der Waals surface area contributed by atoms with E-state index in [2.05, 4.69) is 42.6 Å². The molecule has 2 fully saturated rings. The molecule has 0 radical (unpaired) electrons. The molecule has 1 heterocycles. The first-order valence-corrected chi connectivity index (χ1v) is 8.24. The van der Waals surface area contributed by atoms with Crippen molar-refractivity contribution < 1.29 is 4.74 Å². The smallest absolute Gasteiger partial charge is 0.0697 e. The predicted octanol–water partition coefficient (Wildman–Crippen LogP) is 3.87. The van der Waals surface area contributed by atoms with Crippen LogP contribution in [0.25, 0.3) is 0 Å². The average molecular weight is 273 g/mol. The fraction of sp³-hybridized carbons (Fsp3) is 0.667. The molecule has 1 spiro atoms. The number of hydrogen-bond donors (Lipinski definition) is 1. The minimum Gasteiger partial charge on any atom is -0.375 e. The summed E-state index contributed by atoms with van der Waals surface area (Å²) in [6.45, 7) is 4.22. The summed E-state index contributed by atoms with van der Waals surface area (Å²) in [5, 5.41) is 3.62. The van der Waals surface area contributed by atoms with Crippen LogP contribution in [0, 0.1) is 0 Å². The molecule has 1 N–H and O–H groups in total. The molecule has 1 atom stereocenters. The van der Waals surface area contributed by atoms with Gasteiger partial charge in [-0.3, -0.25) is 0 Å². The van der Waals surface area contributed by atoms with Crippen LogP contribution in [-0.2, 0) is 4.74 Å². The van der Waals surface area contributed by atoms with Crippen LogP contribution in [0.15, 0.2) is 30.3 Å². The van der Waals surface area contributed by atoms with Gasteiger partial charge in [-0.05, 0) is 56.6 Å². The Morgan fingerprint density at radius 1 is 1.15 bits per heavy atom. The van der Waals surface area contributed by atoms with Gasteiger partial charge in [0.15, 0.2) is 0 Å². The van der Waals surface area contributed by atoms with Gasteiger partial charge in [0.05, 0.1) is 5.60 Å². The van der Waals surface area contributed by atoms with Gasteiger partial charge >= 0.3 is 0 Å². The highest BCUT2D eigenvalue weighted by molar-refractivity contribution is 5.20. The van der Waals surface area contributed by atoms with Gasteiger partial charge in [-0.15, -0.1) is 0 Å². The summed E-state index contributed by atoms with van der Waals surface area (Å²) in [5.41, 5.74) is 1.69. The van der Waals surface area contributed by atoms with Crippen molar-refractivity contribution in [2.75, 3.05) is 13.2 Å². The fourth-order valence-corrected chi connectivity index (χ4v) is 4.04. The molecule has 1 unspecified atom stereocenters. The Balaban J connectivity index is 1.60. The topological polar surface area (TPSA) is 21.3 Å². The molecular formula is C18H27NO. The Morgan fingerprint density at radius 2 is 1.90 bits per heavy atom. The van der Waals surface area contributed by atoms with Crippen LogP contribution in [0.1, 0.15) is 56.9 Å². The lowest BCUT2D eigenvalue weighted by atomic mass is 9.72. The van der Waals surface area contributed by atoms with E-state index in [4.69, 9.17) is 4.74 Å². The van der Waals surface area contributed by atoms with Crippen molar-refractivity contribution in [1.29, 1.82) is 0 Å². The first-order valence-electron chi connectivity index (χ1n) is 8.24. The summed E-state index contributed by atoms with van der Waals surface area (Å²) >= 11 is 0. The third-order valence-corrected chi connectivity index (χ3v) is 5.15. The molecule has 2 heteroatoms. The largest absolute Gasteiger partial charge is 0.375 e. The SMILES string of the molecule is CCNC1CCOC2(CCC(c3ccccc3)CC2)C1. The van der Waals surface area contributed by atoms with Gasteiger partial charge in [0.2, 0.25) is 0 Å². The number of ether oxygens (including phenoxy) is 1. The van der Waals surface area contributed by atoms with E-state index < -0.39 is 0 Å². The van der Waals surface area contributed by atoms with Crippen molar-refractivity contribution in [2.24, 2.45) is 0 Å². The van der Waals surface area contributed by atoms with Crippen molar-refractivity contribution in [3.05, 3.63) is 35.9 Å². The Morgan fingerprint density at radius 3 is 2.60 bits per heavy atom. The maximum absolute atomic E-state index is 6.23. The second-order valence-electron chi connectivity index (χ2n) is 6.46. The zero-order valence-electron chi connectivity index (χ0n) is 12.6. The summed E-state index contributed by atoms with van der Waals surface area (Å²) in [7, 11) is 0. The highest BCUT2D eigenvalue weighted by atomic mass is 16.5. The number of benzene rings is 1. The lowest BCUT2D eigenvalue weighted by molar-refractivity contribution is -0.111. The maximum atomic E-state index is 6.23. The van der Waals surface area contributed by atoms with Crippen LogP contribution in [-0.4, -0.2) is 24.8 Å². The Hall–Kier alpha value is -0.860. The van der Waals surface area contributed by atoms with E-state index in [1.54, 1.807) is 0 Å². The summed E-state index contributed by atoms with van der Waals surface area (Å²) in [5.74, 6) is 0.741. The lowest BCUT2D eigenvalue weighted by Gasteiger charge is -2.45. The van der Waals surface area contributed by atoms with E-state index in [0.29, 0.717) is 6.04 Å². The minimum atomic E-state index is 0.177. The van der Waals surface area contributed by atoms with Crippen molar-refractivity contribution >= 4 is 0 Å². The Kier molecular flexibility index (Phi) is 4.42. The molecule has 20 heavy (non-hydrogen) atoms. The van der Waals surface area contributed by atoms with E-state index in [9.17, 15) is 0 Å². The zero-order chi connectivity index (χ0) is 13.8. The minimum absolute atomic E-state index is 0.177. The van der Waals surface area contributed by atoms with Gasteiger partial charge in [-0.25, -0.2) is 0 Å². The van der Waals surface area contributed by atoms with Crippen molar-refractivity contribution in [1.82, 2.24) is 5.32 Å². The molecule has 1 saturated carbocycles. The molecule has 3 rings (SSSR count). The van der Waals surface area contributed by atoms with Crippen molar-refractivity contribution in [3.63, 3.8) is 0 Å². The second kappa shape index (κ2) is 6.28. The number of nitrogens with one attached hydrogen (secondary N) is 1. The third kappa shape index (κ3) is 3.07. The van der Waals surface area contributed by atoms with Crippen LogP contribution >= 0.6 is 0 Å². The lowest BCUT2D eigenvalue weighted by Crippen LogP contribution is -2.48. The van der Waals surface area contributed by atoms with Crippen LogP contribution in [0.3, 0.4) is 0 Å². The molecule has 1 aliphatic carbocycles. The summed E-state index contributed by atoms with van der Waals surface area (Å²) in [6, 6.07) is 11.7. The normalized spacial score (nSPS) is 34.2. The Labute approximate surface area is 122 Å². The fourth-order valence-electron chi connectivity index (χ4n) is 4.04. The van der Waals surface area contributed by atoms with Gasteiger partial charge in [-0.1, -0.05) is 37.3 Å². The Bertz CT molecular complexity index is 407. The van der Waals surface area contributed by atoms with Crippen LogP contribution < -0.4 is 5.32 Å². The van der Waals surface area contributed by atoms with E-state index >= 15 is 0 Å². The highest BCUT2D eigenvalue weighted by Gasteiger charge is 2.40. The molecule has 1 aromatic carbocycles. The predicted molar refractivity (Wildman–Crippen MR) is 83.0 cm³/mol. The molecule has 0 amide bonds. The van der Waals surface area contributed by atoms with Gasteiger partial charge in [-0.2, -0.15) is 0 Å². The molecule has 2 nitrogen and oxygen atoms in total. The first kappa shape index (κ1) is 14.1. The number of hydrogen-bond acceptors (Lipinski definition) is 2. The molecule has 1 aromatic rings.